The van der Waals surface area contributed by atoms with Gasteiger partial charge in [0, 0.05) is 25.0 Å². The highest BCUT2D eigenvalue weighted by atomic mass is 16.2. The number of hydrogen-bond donors (Lipinski definition) is 3. The minimum atomic E-state index is -0.0748. The molecule has 5 rings (SSSR count). The molecule has 5 fully saturated rings. The fourth-order valence-corrected chi connectivity index (χ4v) is 7.11. The Kier molecular flexibility index (Phi) is 6.17. The highest BCUT2D eigenvalue weighted by Crippen LogP contribution is 2.61. The number of hydrogen-bond acceptors (Lipinski definition) is 2. The van der Waals surface area contributed by atoms with Crippen molar-refractivity contribution in [2.24, 2.45) is 23.2 Å². The third-order valence-electron chi connectivity index (χ3n) is 8.19. The zero-order chi connectivity index (χ0) is 19.6. The van der Waals surface area contributed by atoms with Crippen LogP contribution in [-0.2, 0) is 4.79 Å². The van der Waals surface area contributed by atoms with Crippen LogP contribution in [0.25, 0.3) is 0 Å². The molecule has 158 valence electrons. The van der Waals surface area contributed by atoms with Crippen LogP contribution >= 0.6 is 0 Å². The van der Waals surface area contributed by atoms with Crippen LogP contribution in [-0.4, -0.2) is 30.6 Å². The van der Waals surface area contributed by atoms with Crippen LogP contribution in [0.4, 0.5) is 4.79 Å². The van der Waals surface area contributed by atoms with Gasteiger partial charge in [0.1, 0.15) is 0 Å². The lowest BCUT2D eigenvalue weighted by atomic mass is 9.48. The van der Waals surface area contributed by atoms with Crippen LogP contribution in [0.3, 0.4) is 0 Å². The Morgan fingerprint density at radius 1 is 0.964 bits per heavy atom. The largest absolute Gasteiger partial charge is 0.353 e. The highest BCUT2D eigenvalue weighted by molar-refractivity contribution is 5.76. The van der Waals surface area contributed by atoms with Gasteiger partial charge in [-0.25, -0.2) is 4.79 Å². The Hall–Kier alpha value is -1.26. The van der Waals surface area contributed by atoms with Crippen LogP contribution in [0.2, 0.25) is 0 Å². The van der Waals surface area contributed by atoms with E-state index in [9.17, 15) is 9.59 Å². The summed E-state index contributed by atoms with van der Waals surface area (Å²) in [6.45, 7) is 2.80. The number of rotatable bonds is 7. The molecule has 5 aliphatic rings. The first kappa shape index (κ1) is 20.0. The Morgan fingerprint density at radius 3 is 2.18 bits per heavy atom. The van der Waals surface area contributed by atoms with Gasteiger partial charge in [-0.05, 0) is 87.9 Å². The molecule has 5 aliphatic carbocycles. The van der Waals surface area contributed by atoms with Crippen molar-refractivity contribution in [3.05, 3.63) is 0 Å². The summed E-state index contributed by atoms with van der Waals surface area (Å²) in [6, 6.07) is 0.545. The zero-order valence-corrected chi connectivity index (χ0v) is 17.6. The number of amides is 3. The molecule has 5 saturated carbocycles. The summed E-state index contributed by atoms with van der Waals surface area (Å²) in [5.41, 5.74) is 0.364. The molecule has 0 spiro atoms. The van der Waals surface area contributed by atoms with Crippen LogP contribution in [0, 0.1) is 23.2 Å². The Balaban J connectivity index is 1.13. The second-order valence-electron chi connectivity index (χ2n) is 10.4. The van der Waals surface area contributed by atoms with Crippen LogP contribution in [0.5, 0.6) is 0 Å². The third kappa shape index (κ3) is 4.65. The fraction of sp³-hybridized carbons (Fsp3) is 0.913. The average Bonchev–Trinajstić information content (AvgIpc) is 2.65. The predicted molar refractivity (Wildman–Crippen MR) is 111 cm³/mol. The van der Waals surface area contributed by atoms with Gasteiger partial charge in [-0.3, -0.25) is 4.79 Å². The monoisotopic (exact) mass is 389 g/mol. The van der Waals surface area contributed by atoms with E-state index in [1.165, 1.54) is 57.8 Å². The summed E-state index contributed by atoms with van der Waals surface area (Å²) in [7, 11) is 0. The molecule has 1 atom stereocenters. The van der Waals surface area contributed by atoms with Gasteiger partial charge in [-0.2, -0.15) is 0 Å². The maximum Gasteiger partial charge on any atom is 0.315 e. The number of carbonyl (C=O) groups is 2. The third-order valence-corrected chi connectivity index (χ3v) is 8.19. The molecule has 5 heteroatoms. The van der Waals surface area contributed by atoms with Gasteiger partial charge < -0.3 is 16.0 Å². The molecule has 0 radical (unpaired) electrons. The van der Waals surface area contributed by atoms with Crippen molar-refractivity contribution < 1.29 is 9.59 Å². The van der Waals surface area contributed by atoms with Gasteiger partial charge in [0.25, 0.3) is 0 Å². The lowest BCUT2D eigenvalue weighted by Crippen LogP contribution is -2.55. The molecule has 5 nitrogen and oxygen atoms in total. The molecule has 3 N–H and O–H groups in total. The summed E-state index contributed by atoms with van der Waals surface area (Å²) in [5.74, 6) is 2.89. The second-order valence-corrected chi connectivity index (χ2v) is 10.4. The Labute approximate surface area is 170 Å². The van der Waals surface area contributed by atoms with Gasteiger partial charge in [0.05, 0.1) is 0 Å². The van der Waals surface area contributed by atoms with Crippen molar-refractivity contribution in [1.29, 1.82) is 0 Å². The first-order chi connectivity index (χ1) is 13.5. The summed E-state index contributed by atoms with van der Waals surface area (Å²) in [4.78, 5) is 24.4. The highest BCUT2D eigenvalue weighted by Gasteiger charge is 2.53. The first-order valence-electron chi connectivity index (χ1n) is 11.9. The minimum Gasteiger partial charge on any atom is -0.353 e. The van der Waals surface area contributed by atoms with E-state index >= 15 is 0 Å². The smallest absolute Gasteiger partial charge is 0.315 e. The van der Waals surface area contributed by atoms with Crippen molar-refractivity contribution in [2.75, 3.05) is 6.54 Å². The SMILES string of the molecule is C[C@H](NC(=O)CCCNC(=O)NC1CCCCC1)C12CC3CC(CC(C3)C1)C2. The Morgan fingerprint density at radius 2 is 1.57 bits per heavy atom. The number of urea groups is 1. The Bertz CT molecular complexity index is 535. The van der Waals surface area contributed by atoms with Gasteiger partial charge in [0.15, 0.2) is 0 Å². The van der Waals surface area contributed by atoms with Crippen molar-refractivity contribution in [3.8, 4) is 0 Å². The topological polar surface area (TPSA) is 70.2 Å². The zero-order valence-electron chi connectivity index (χ0n) is 17.6. The van der Waals surface area contributed by atoms with Crippen molar-refractivity contribution >= 4 is 11.9 Å². The average molecular weight is 390 g/mol. The maximum absolute atomic E-state index is 12.5. The van der Waals surface area contributed by atoms with E-state index in [1.807, 2.05) is 0 Å². The van der Waals surface area contributed by atoms with Crippen molar-refractivity contribution in [3.63, 3.8) is 0 Å². The molecular weight excluding hydrogens is 350 g/mol. The summed E-state index contributed by atoms with van der Waals surface area (Å²) in [6.07, 6.45) is 15.4. The molecule has 0 unspecified atom stereocenters. The van der Waals surface area contributed by atoms with Gasteiger partial charge >= 0.3 is 6.03 Å². The van der Waals surface area contributed by atoms with E-state index in [-0.39, 0.29) is 18.0 Å². The van der Waals surface area contributed by atoms with Gasteiger partial charge in [-0.1, -0.05) is 19.3 Å². The minimum absolute atomic E-state index is 0.0748. The molecule has 0 aliphatic heterocycles. The fourth-order valence-electron chi connectivity index (χ4n) is 7.11. The van der Waals surface area contributed by atoms with E-state index in [0.29, 0.717) is 30.8 Å². The summed E-state index contributed by atoms with van der Waals surface area (Å²) >= 11 is 0. The van der Waals surface area contributed by atoms with Gasteiger partial charge in [0.2, 0.25) is 5.91 Å². The molecule has 0 aromatic heterocycles. The molecule has 0 saturated heterocycles. The second kappa shape index (κ2) is 8.62. The van der Waals surface area contributed by atoms with Crippen LogP contribution < -0.4 is 16.0 Å². The first-order valence-corrected chi connectivity index (χ1v) is 11.9. The standard InChI is InChI=1S/C23H39N3O2/c1-16(23-13-17-10-18(14-23)12-19(11-17)15-23)25-21(27)8-5-9-24-22(28)26-20-6-3-2-4-7-20/h16-20H,2-15H2,1H3,(H,25,27)(H2,24,26,28)/t16-,17?,18?,19?,23?/m0/s1. The lowest BCUT2D eigenvalue weighted by Gasteiger charge is -2.59. The molecule has 0 aromatic rings. The van der Waals surface area contributed by atoms with E-state index < -0.39 is 0 Å². The van der Waals surface area contributed by atoms with Gasteiger partial charge in [-0.15, -0.1) is 0 Å². The lowest BCUT2D eigenvalue weighted by molar-refractivity contribution is -0.126. The van der Waals surface area contributed by atoms with E-state index in [1.54, 1.807) is 0 Å². The molecule has 0 aromatic carbocycles. The molecule has 4 bridgehead atoms. The molecule has 3 amide bonds. The van der Waals surface area contributed by atoms with E-state index in [0.717, 1.165) is 30.6 Å². The van der Waals surface area contributed by atoms with Crippen LogP contribution in [0.1, 0.15) is 90.4 Å². The summed E-state index contributed by atoms with van der Waals surface area (Å²) < 4.78 is 0. The molecule has 0 heterocycles. The van der Waals surface area contributed by atoms with E-state index in [2.05, 4.69) is 22.9 Å². The van der Waals surface area contributed by atoms with E-state index in [4.69, 9.17) is 0 Å². The van der Waals surface area contributed by atoms with Crippen LogP contribution in [0.15, 0.2) is 0 Å². The quantitative estimate of drug-likeness (QED) is 0.573. The summed E-state index contributed by atoms with van der Waals surface area (Å²) in [5, 5.41) is 9.30. The maximum atomic E-state index is 12.5. The predicted octanol–water partition coefficient (Wildman–Crippen LogP) is 4.12. The number of nitrogens with one attached hydrogen (secondary N) is 3. The van der Waals surface area contributed by atoms with Crippen molar-refractivity contribution in [1.82, 2.24) is 16.0 Å². The normalized spacial score (nSPS) is 35.4. The number of carbonyl (C=O) groups excluding carboxylic acids is 2. The molecule has 28 heavy (non-hydrogen) atoms. The van der Waals surface area contributed by atoms with Crippen molar-refractivity contribution in [2.45, 2.75) is 102 Å². The molecular formula is C23H39N3O2.